The third-order valence-electron chi connectivity index (χ3n) is 3.09. The van der Waals surface area contributed by atoms with Crippen molar-refractivity contribution in [2.24, 2.45) is 0 Å². The lowest BCUT2D eigenvalue weighted by Gasteiger charge is -2.19. The van der Waals surface area contributed by atoms with E-state index < -0.39 is 18.0 Å². The van der Waals surface area contributed by atoms with E-state index in [1.165, 1.54) is 12.1 Å². The molecule has 0 saturated heterocycles. The van der Waals surface area contributed by atoms with Gasteiger partial charge in [0.15, 0.2) is 0 Å². The van der Waals surface area contributed by atoms with Crippen LogP contribution in [0.4, 0.5) is 9.18 Å². The Labute approximate surface area is 123 Å². The highest BCUT2D eigenvalue weighted by Crippen LogP contribution is 2.13. The highest BCUT2D eigenvalue weighted by atomic mass is 19.1. The average Bonchev–Trinajstić information content (AvgIpc) is 2.37. The quantitative estimate of drug-likeness (QED) is 0.724. The van der Waals surface area contributed by atoms with E-state index in [0.717, 1.165) is 6.42 Å². The second-order valence-corrected chi connectivity index (χ2v) is 4.98. The minimum Gasteiger partial charge on any atom is -0.481 e. The first-order valence-electron chi connectivity index (χ1n) is 6.96. The summed E-state index contributed by atoms with van der Waals surface area (Å²) in [5.41, 5.74) is 0.649. The number of hydrogen-bond acceptors (Lipinski definition) is 2. The summed E-state index contributed by atoms with van der Waals surface area (Å²) < 4.78 is 13.1. The Morgan fingerprint density at radius 1 is 1.33 bits per heavy atom. The molecular weight excluding hydrogens is 275 g/mol. The van der Waals surface area contributed by atoms with Crippen molar-refractivity contribution in [3.63, 3.8) is 0 Å². The van der Waals surface area contributed by atoms with Gasteiger partial charge in [-0.3, -0.25) is 4.79 Å². The summed E-state index contributed by atoms with van der Waals surface area (Å²) in [7, 11) is 0. The monoisotopic (exact) mass is 296 g/mol. The fourth-order valence-corrected chi connectivity index (χ4v) is 2.07. The lowest BCUT2D eigenvalue weighted by Crippen LogP contribution is -2.43. The number of carbonyl (C=O) groups excluding carboxylic acids is 1. The van der Waals surface area contributed by atoms with Gasteiger partial charge in [-0.25, -0.2) is 9.18 Å². The van der Waals surface area contributed by atoms with Crippen molar-refractivity contribution in [1.82, 2.24) is 10.6 Å². The molecule has 0 spiro atoms. The molecule has 1 rings (SSSR count). The van der Waals surface area contributed by atoms with E-state index in [1.54, 1.807) is 19.1 Å². The van der Waals surface area contributed by atoms with Crippen molar-refractivity contribution in [3.8, 4) is 0 Å². The van der Waals surface area contributed by atoms with Gasteiger partial charge >= 0.3 is 12.0 Å². The summed E-state index contributed by atoms with van der Waals surface area (Å²) in [4.78, 5) is 22.6. The molecule has 2 atom stereocenters. The van der Waals surface area contributed by atoms with Gasteiger partial charge in [0.2, 0.25) is 0 Å². The molecule has 21 heavy (non-hydrogen) atoms. The molecule has 0 radical (unpaired) electrons. The van der Waals surface area contributed by atoms with E-state index in [9.17, 15) is 14.0 Å². The number of carboxylic acids is 1. The molecule has 2 unspecified atom stereocenters. The molecule has 0 saturated carbocycles. The molecule has 0 fully saturated rings. The zero-order valence-corrected chi connectivity index (χ0v) is 12.2. The molecule has 0 heterocycles. The van der Waals surface area contributed by atoms with E-state index >= 15 is 0 Å². The van der Waals surface area contributed by atoms with Crippen LogP contribution in [-0.4, -0.2) is 23.1 Å². The van der Waals surface area contributed by atoms with Gasteiger partial charge in [-0.05, 0) is 31.0 Å². The van der Waals surface area contributed by atoms with Crippen LogP contribution >= 0.6 is 0 Å². The van der Waals surface area contributed by atoms with Gasteiger partial charge < -0.3 is 15.7 Å². The van der Waals surface area contributed by atoms with Gasteiger partial charge in [0.1, 0.15) is 5.82 Å². The first-order chi connectivity index (χ1) is 9.92. The molecule has 0 aromatic heterocycles. The molecular formula is C15H21FN2O3. The number of carboxylic acid groups (broad SMARTS) is 1. The molecule has 6 heteroatoms. The minimum absolute atomic E-state index is 0.115. The van der Waals surface area contributed by atoms with Gasteiger partial charge in [-0.1, -0.05) is 25.5 Å². The second kappa shape index (κ2) is 8.24. The van der Waals surface area contributed by atoms with Crippen LogP contribution in [0.5, 0.6) is 0 Å². The third-order valence-corrected chi connectivity index (χ3v) is 3.09. The number of benzene rings is 1. The number of urea groups is 1. The van der Waals surface area contributed by atoms with Gasteiger partial charge in [0, 0.05) is 6.04 Å². The largest absolute Gasteiger partial charge is 0.481 e. The summed E-state index contributed by atoms with van der Waals surface area (Å²) in [5, 5.41) is 14.1. The molecule has 0 bridgehead atoms. The molecule has 5 nitrogen and oxygen atoms in total. The molecule has 0 aliphatic rings. The summed E-state index contributed by atoms with van der Waals surface area (Å²) in [6, 6.07) is 4.75. The third kappa shape index (κ3) is 6.25. The SMILES string of the molecule is CCCC(CC(=O)O)NC(=O)NC(C)c1cccc(F)c1. The highest BCUT2D eigenvalue weighted by Gasteiger charge is 2.16. The van der Waals surface area contributed by atoms with Crippen molar-refractivity contribution in [2.45, 2.75) is 45.2 Å². The van der Waals surface area contributed by atoms with Gasteiger partial charge in [0.25, 0.3) is 0 Å². The van der Waals surface area contributed by atoms with Crippen LogP contribution in [0.15, 0.2) is 24.3 Å². The fraction of sp³-hybridized carbons (Fsp3) is 0.467. The Balaban J connectivity index is 2.56. The normalized spacial score (nSPS) is 13.3. The number of nitrogens with one attached hydrogen (secondary N) is 2. The Hall–Kier alpha value is -2.11. The maximum atomic E-state index is 13.1. The lowest BCUT2D eigenvalue weighted by atomic mass is 10.1. The fourth-order valence-electron chi connectivity index (χ4n) is 2.07. The topological polar surface area (TPSA) is 78.4 Å². The maximum Gasteiger partial charge on any atom is 0.315 e. The lowest BCUT2D eigenvalue weighted by molar-refractivity contribution is -0.137. The number of aliphatic carboxylic acids is 1. The van der Waals surface area contributed by atoms with E-state index in [2.05, 4.69) is 10.6 Å². The molecule has 1 aromatic rings. The molecule has 1 aromatic carbocycles. The number of rotatable bonds is 7. The van der Waals surface area contributed by atoms with E-state index in [1.807, 2.05) is 6.92 Å². The van der Waals surface area contributed by atoms with E-state index in [-0.39, 0.29) is 18.3 Å². The van der Waals surface area contributed by atoms with Crippen LogP contribution in [0.2, 0.25) is 0 Å². The molecule has 0 aliphatic heterocycles. The highest BCUT2D eigenvalue weighted by molar-refractivity contribution is 5.76. The second-order valence-electron chi connectivity index (χ2n) is 4.98. The zero-order chi connectivity index (χ0) is 15.8. The molecule has 116 valence electrons. The smallest absolute Gasteiger partial charge is 0.315 e. The van der Waals surface area contributed by atoms with Gasteiger partial charge in [0.05, 0.1) is 12.5 Å². The van der Waals surface area contributed by atoms with Crippen LogP contribution in [-0.2, 0) is 4.79 Å². The van der Waals surface area contributed by atoms with Gasteiger partial charge in [-0.2, -0.15) is 0 Å². The van der Waals surface area contributed by atoms with E-state index in [4.69, 9.17) is 5.11 Å². The van der Waals surface area contributed by atoms with Crippen molar-refractivity contribution in [1.29, 1.82) is 0 Å². The zero-order valence-electron chi connectivity index (χ0n) is 12.2. The summed E-state index contributed by atoms with van der Waals surface area (Å²) in [6.07, 6.45) is 1.25. The van der Waals surface area contributed by atoms with Crippen LogP contribution in [0.3, 0.4) is 0 Å². The first-order valence-corrected chi connectivity index (χ1v) is 6.96. The van der Waals surface area contributed by atoms with Crippen LogP contribution in [0, 0.1) is 5.82 Å². The Kier molecular flexibility index (Phi) is 6.65. The van der Waals surface area contributed by atoms with Crippen molar-refractivity contribution >= 4 is 12.0 Å². The Bertz CT molecular complexity index is 494. The minimum atomic E-state index is -0.952. The van der Waals surface area contributed by atoms with Crippen molar-refractivity contribution in [3.05, 3.63) is 35.6 Å². The molecule has 3 N–H and O–H groups in total. The summed E-state index contributed by atoms with van der Waals surface area (Å²) in [5.74, 6) is -1.32. The molecule has 0 aliphatic carbocycles. The molecule has 2 amide bonds. The average molecular weight is 296 g/mol. The van der Waals surface area contributed by atoms with Gasteiger partial charge in [-0.15, -0.1) is 0 Å². The Morgan fingerprint density at radius 3 is 2.62 bits per heavy atom. The summed E-state index contributed by atoms with van der Waals surface area (Å²) in [6.45, 7) is 3.66. The number of halogens is 1. The number of amides is 2. The first kappa shape index (κ1) is 16.9. The van der Waals surface area contributed by atoms with Crippen LogP contribution < -0.4 is 10.6 Å². The maximum absolute atomic E-state index is 13.1. The van der Waals surface area contributed by atoms with Crippen molar-refractivity contribution in [2.75, 3.05) is 0 Å². The predicted molar refractivity (Wildman–Crippen MR) is 77.4 cm³/mol. The number of hydrogen-bond donors (Lipinski definition) is 3. The van der Waals surface area contributed by atoms with Crippen LogP contribution in [0.25, 0.3) is 0 Å². The predicted octanol–water partition coefficient (Wildman–Crippen LogP) is 2.83. The standard InChI is InChI=1S/C15H21FN2O3/c1-3-5-13(9-14(19)20)18-15(21)17-10(2)11-6-4-7-12(16)8-11/h4,6-8,10,13H,3,5,9H2,1-2H3,(H,19,20)(H2,17,18,21). The van der Waals surface area contributed by atoms with Crippen LogP contribution in [0.1, 0.15) is 44.7 Å². The van der Waals surface area contributed by atoms with Crippen molar-refractivity contribution < 1.29 is 19.1 Å². The number of carbonyl (C=O) groups is 2. The summed E-state index contributed by atoms with van der Waals surface area (Å²) >= 11 is 0. The Morgan fingerprint density at radius 2 is 2.05 bits per heavy atom. The van der Waals surface area contributed by atoms with E-state index in [0.29, 0.717) is 12.0 Å².